The number of benzene rings is 1. The van der Waals surface area contributed by atoms with Crippen LogP contribution in [0.4, 0.5) is 5.13 Å². The number of ether oxygens (including phenoxy) is 3. The van der Waals surface area contributed by atoms with Gasteiger partial charge < -0.3 is 19.5 Å². The van der Waals surface area contributed by atoms with Gasteiger partial charge in [0.2, 0.25) is 5.75 Å². The second-order valence-corrected chi connectivity index (χ2v) is 4.74. The molecule has 2 aromatic rings. The zero-order valence-electron chi connectivity index (χ0n) is 10.5. The second kappa shape index (κ2) is 5.07. The summed E-state index contributed by atoms with van der Waals surface area (Å²) in [4.78, 5) is 4.41. The molecule has 5 nitrogen and oxygen atoms in total. The maximum absolute atomic E-state index is 6.31. The number of hydrogen-bond donors (Lipinski definition) is 1. The molecule has 1 aromatic carbocycles. The second-order valence-electron chi connectivity index (χ2n) is 3.36. The monoisotopic (exact) mass is 288 g/mol. The van der Waals surface area contributed by atoms with E-state index in [1.165, 1.54) is 25.6 Å². The van der Waals surface area contributed by atoms with E-state index < -0.39 is 0 Å². The largest absolute Gasteiger partial charge is 0.491 e. The Bertz CT molecular complexity index is 585. The van der Waals surface area contributed by atoms with Gasteiger partial charge >= 0.3 is 0 Å². The van der Waals surface area contributed by atoms with E-state index in [9.17, 15) is 0 Å². The number of nitrogens with zero attached hydrogens (tertiary/aromatic N) is 1. The molecule has 0 bridgehead atoms. The van der Waals surface area contributed by atoms with Crippen molar-refractivity contribution in [2.45, 2.75) is 0 Å². The quantitative estimate of drug-likeness (QED) is 0.937. The molecule has 0 aliphatic rings. The molecule has 1 heterocycles. The molecule has 0 saturated carbocycles. The number of anilines is 1. The normalized spacial score (nSPS) is 10.5. The van der Waals surface area contributed by atoms with Gasteiger partial charge in [0, 0.05) is 7.05 Å². The van der Waals surface area contributed by atoms with E-state index in [1.54, 1.807) is 14.2 Å². The van der Waals surface area contributed by atoms with Crippen LogP contribution >= 0.6 is 22.9 Å². The summed E-state index contributed by atoms with van der Waals surface area (Å²) in [6.45, 7) is 0. The highest BCUT2D eigenvalue weighted by Crippen LogP contribution is 2.50. The van der Waals surface area contributed by atoms with E-state index in [2.05, 4.69) is 10.3 Å². The maximum Gasteiger partial charge on any atom is 0.207 e. The Labute approximate surface area is 114 Å². The van der Waals surface area contributed by atoms with E-state index in [1.807, 2.05) is 0 Å². The summed E-state index contributed by atoms with van der Waals surface area (Å²) in [5, 5.41) is 4.21. The average molecular weight is 289 g/mol. The number of rotatable bonds is 4. The van der Waals surface area contributed by atoms with Crippen LogP contribution < -0.4 is 19.5 Å². The first-order chi connectivity index (χ1) is 8.67. The molecule has 0 atom stereocenters. The van der Waals surface area contributed by atoms with Crippen molar-refractivity contribution in [3.8, 4) is 17.2 Å². The topological polar surface area (TPSA) is 52.6 Å². The van der Waals surface area contributed by atoms with Gasteiger partial charge in [0.05, 0.1) is 26.0 Å². The van der Waals surface area contributed by atoms with Crippen molar-refractivity contribution in [2.24, 2.45) is 0 Å². The minimum absolute atomic E-state index is 0.449. The number of methoxy groups -OCH3 is 3. The molecule has 1 N–H and O–H groups in total. The van der Waals surface area contributed by atoms with Crippen molar-refractivity contribution < 1.29 is 14.2 Å². The molecule has 0 fully saturated rings. The first-order valence-electron chi connectivity index (χ1n) is 5.13. The highest BCUT2D eigenvalue weighted by Gasteiger charge is 2.24. The predicted molar refractivity (Wildman–Crippen MR) is 73.8 cm³/mol. The molecule has 0 aliphatic carbocycles. The third-order valence-corrected chi connectivity index (χ3v) is 4.04. The Morgan fingerprint density at radius 2 is 1.67 bits per heavy atom. The van der Waals surface area contributed by atoms with E-state index >= 15 is 0 Å². The van der Waals surface area contributed by atoms with E-state index in [0.717, 1.165) is 9.83 Å². The maximum atomic E-state index is 6.31. The van der Waals surface area contributed by atoms with Crippen molar-refractivity contribution >= 4 is 38.3 Å². The lowest BCUT2D eigenvalue weighted by molar-refractivity contribution is 0.327. The Kier molecular flexibility index (Phi) is 3.68. The van der Waals surface area contributed by atoms with Crippen LogP contribution in [0.15, 0.2) is 0 Å². The summed E-state index contributed by atoms with van der Waals surface area (Å²) in [5.74, 6) is 1.42. The average Bonchev–Trinajstić information content (AvgIpc) is 2.82. The summed E-state index contributed by atoms with van der Waals surface area (Å²) >= 11 is 7.74. The smallest absolute Gasteiger partial charge is 0.207 e. The van der Waals surface area contributed by atoms with Crippen LogP contribution in [0.5, 0.6) is 17.2 Å². The van der Waals surface area contributed by atoms with Gasteiger partial charge in [-0.3, -0.25) is 0 Å². The standard InChI is InChI=1S/C11H13ClN2O3S/c1-13-11-14-6-8(16-3)9(17-4)7(15-2)5(12)10(6)18-11/h1-4H3,(H,13,14). The van der Waals surface area contributed by atoms with E-state index in [0.29, 0.717) is 27.8 Å². The Morgan fingerprint density at radius 1 is 1.06 bits per heavy atom. The third kappa shape index (κ3) is 1.81. The summed E-state index contributed by atoms with van der Waals surface area (Å²) < 4.78 is 16.7. The first kappa shape index (κ1) is 13.0. The Morgan fingerprint density at radius 3 is 2.17 bits per heavy atom. The van der Waals surface area contributed by atoms with Crippen LogP contribution in [0.25, 0.3) is 10.2 Å². The number of hydrogen-bond acceptors (Lipinski definition) is 6. The molecule has 98 valence electrons. The van der Waals surface area contributed by atoms with Crippen molar-refractivity contribution in [2.75, 3.05) is 33.7 Å². The highest BCUT2D eigenvalue weighted by atomic mass is 35.5. The minimum atomic E-state index is 0.449. The lowest BCUT2D eigenvalue weighted by Gasteiger charge is -2.13. The molecule has 0 aliphatic heterocycles. The van der Waals surface area contributed by atoms with Crippen LogP contribution in [0.2, 0.25) is 5.02 Å². The molecule has 7 heteroatoms. The number of nitrogens with one attached hydrogen (secondary N) is 1. The molecule has 0 amide bonds. The molecule has 0 radical (unpaired) electrons. The highest BCUT2D eigenvalue weighted by molar-refractivity contribution is 7.22. The molecule has 18 heavy (non-hydrogen) atoms. The van der Waals surface area contributed by atoms with Gasteiger partial charge in [-0.1, -0.05) is 22.9 Å². The van der Waals surface area contributed by atoms with Gasteiger partial charge in [0.1, 0.15) is 10.5 Å². The van der Waals surface area contributed by atoms with E-state index in [4.69, 9.17) is 25.8 Å². The predicted octanol–water partition coefficient (Wildman–Crippen LogP) is 3.02. The fourth-order valence-corrected chi connectivity index (χ4v) is 2.92. The van der Waals surface area contributed by atoms with Crippen LogP contribution in [0, 0.1) is 0 Å². The lowest BCUT2D eigenvalue weighted by atomic mass is 10.2. The number of fused-ring (bicyclic) bond motifs is 1. The third-order valence-electron chi connectivity index (χ3n) is 2.48. The molecular weight excluding hydrogens is 276 g/mol. The number of aromatic nitrogens is 1. The van der Waals surface area contributed by atoms with Gasteiger partial charge in [-0.2, -0.15) is 0 Å². The minimum Gasteiger partial charge on any atom is -0.491 e. The molecule has 0 saturated heterocycles. The molecule has 2 rings (SSSR count). The SMILES string of the molecule is CNc1nc2c(OC)c(OC)c(OC)c(Cl)c2s1. The van der Waals surface area contributed by atoms with Crippen LogP contribution in [-0.2, 0) is 0 Å². The lowest BCUT2D eigenvalue weighted by Crippen LogP contribution is -1.96. The van der Waals surface area contributed by atoms with Crippen LogP contribution in [-0.4, -0.2) is 33.4 Å². The fourth-order valence-electron chi connectivity index (χ4n) is 1.70. The van der Waals surface area contributed by atoms with Crippen molar-refractivity contribution in [1.82, 2.24) is 4.98 Å². The van der Waals surface area contributed by atoms with Crippen molar-refractivity contribution in [3.05, 3.63) is 5.02 Å². The molecule has 0 spiro atoms. The van der Waals surface area contributed by atoms with Gasteiger partial charge in [-0.05, 0) is 0 Å². The summed E-state index contributed by atoms with van der Waals surface area (Å²) in [7, 11) is 6.43. The summed E-state index contributed by atoms with van der Waals surface area (Å²) in [5.41, 5.74) is 0.662. The van der Waals surface area contributed by atoms with Crippen molar-refractivity contribution in [1.29, 1.82) is 0 Å². The zero-order valence-corrected chi connectivity index (χ0v) is 12.0. The van der Waals surface area contributed by atoms with Crippen molar-refractivity contribution in [3.63, 3.8) is 0 Å². The van der Waals surface area contributed by atoms with Gasteiger partial charge in [-0.25, -0.2) is 4.98 Å². The van der Waals surface area contributed by atoms with Gasteiger partial charge in [-0.15, -0.1) is 0 Å². The first-order valence-corrected chi connectivity index (χ1v) is 6.33. The molecule has 0 unspecified atom stereocenters. The number of halogens is 1. The summed E-state index contributed by atoms with van der Waals surface area (Å²) in [6.07, 6.45) is 0. The fraction of sp³-hybridized carbons (Fsp3) is 0.364. The van der Waals surface area contributed by atoms with Gasteiger partial charge in [0.15, 0.2) is 16.6 Å². The molecule has 1 aromatic heterocycles. The van der Waals surface area contributed by atoms with E-state index in [-0.39, 0.29) is 0 Å². The summed E-state index contributed by atoms with van der Waals surface area (Å²) in [6, 6.07) is 0. The van der Waals surface area contributed by atoms with Crippen LogP contribution in [0.1, 0.15) is 0 Å². The zero-order chi connectivity index (χ0) is 13.3. The molecular formula is C11H13ClN2O3S. The van der Waals surface area contributed by atoms with Gasteiger partial charge in [0.25, 0.3) is 0 Å². The Hall–Kier alpha value is -1.40. The number of thiazole rings is 1. The Balaban J connectivity index is 2.88. The van der Waals surface area contributed by atoms with Crippen LogP contribution in [0.3, 0.4) is 0 Å².